The maximum Gasteiger partial charge on any atom is 0.243 e. The first-order chi connectivity index (χ1) is 17.5. The zero-order chi connectivity index (χ0) is 25.1. The number of fused-ring (bicyclic) bond motifs is 1. The first-order valence-electron chi connectivity index (χ1n) is 12.5. The van der Waals surface area contributed by atoms with Crippen molar-refractivity contribution in [2.24, 2.45) is 0 Å². The van der Waals surface area contributed by atoms with Crippen molar-refractivity contribution < 1.29 is 14.3 Å². The van der Waals surface area contributed by atoms with Crippen LogP contribution in [0.4, 0.5) is 5.69 Å². The molecule has 38 heavy (non-hydrogen) atoms. The van der Waals surface area contributed by atoms with Crippen molar-refractivity contribution in [3.63, 3.8) is 0 Å². The lowest BCUT2D eigenvalue weighted by Crippen LogP contribution is -2.51. The number of anilines is 1. The van der Waals surface area contributed by atoms with E-state index in [-0.39, 0.29) is 55.3 Å². The fraction of sp³-hybridized carbons (Fsp3) is 0.393. The van der Waals surface area contributed by atoms with E-state index in [1.807, 2.05) is 40.9 Å². The second-order valence-electron chi connectivity index (χ2n) is 9.55. The quantitative estimate of drug-likeness (QED) is 0.470. The summed E-state index contributed by atoms with van der Waals surface area (Å²) in [5.74, 6) is 1.04. The lowest BCUT2D eigenvalue weighted by molar-refractivity contribution is -0.136. The van der Waals surface area contributed by atoms with Gasteiger partial charge in [0.1, 0.15) is 12.3 Å². The highest BCUT2D eigenvalue weighted by Gasteiger charge is 2.35. The zero-order valence-electron chi connectivity index (χ0n) is 21.7. The number of hydrogen-bond donors (Lipinski definition) is 1. The summed E-state index contributed by atoms with van der Waals surface area (Å²) in [6.07, 6.45) is 8.33. The summed E-state index contributed by atoms with van der Waals surface area (Å²) in [6.45, 7) is 1.57. The van der Waals surface area contributed by atoms with Gasteiger partial charge in [-0.15, -0.1) is 24.8 Å². The van der Waals surface area contributed by atoms with Crippen molar-refractivity contribution >= 4 is 42.3 Å². The highest BCUT2D eigenvalue weighted by atomic mass is 35.5. The topological polar surface area (TPSA) is 79.7 Å². The number of rotatable bonds is 7. The Balaban J connectivity index is 0.00000200. The molecule has 204 valence electrons. The Morgan fingerprint density at radius 2 is 1.95 bits per heavy atom. The van der Waals surface area contributed by atoms with Crippen LogP contribution < -0.4 is 15.0 Å². The van der Waals surface area contributed by atoms with Gasteiger partial charge in [0.05, 0.1) is 19.5 Å². The van der Waals surface area contributed by atoms with E-state index in [0.29, 0.717) is 13.0 Å². The third-order valence-electron chi connectivity index (χ3n) is 7.35. The average Bonchev–Trinajstić information content (AvgIpc) is 3.42. The summed E-state index contributed by atoms with van der Waals surface area (Å²) in [6, 6.07) is 14.4. The molecule has 0 bridgehead atoms. The lowest BCUT2D eigenvalue weighted by atomic mass is 9.89. The van der Waals surface area contributed by atoms with E-state index in [9.17, 15) is 9.59 Å². The number of nitrogens with one attached hydrogen (secondary N) is 1. The predicted octanol–water partition coefficient (Wildman–Crippen LogP) is 4.17. The second-order valence-corrected chi connectivity index (χ2v) is 9.55. The maximum atomic E-state index is 13.4. The van der Waals surface area contributed by atoms with Gasteiger partial charge in [-0.25, -0.2) is 4.98 Å². The number of methoxy groups -OCH3 is 1. The number of carbonyl (C=O) groups excluding carboxylic acids is 2. The molecule has 2 aliphatic heterocycles. The zero-order valence-corrected chi connectivity index (χ0v) is 23.3. The molecule has 1 fully saturated rings. The molecular formula is C28H35Cl2N5O3. The normalized spacial score (nSPS) is 18.7. The van der Waals surface area contributed by atoms with Crippen LogP contribution in [0.5, 0.6) is 5.75 Å². The summed E-state index contributed by atoms with van der Waals surface area (Å²) in [5.41, 5.74) is 4.21. The minimum Gasteiger partial charge on any atom is -0.496 e. The highest BCUT2D eigenvalue weighted by molar-refractivity contribution is 5.96. The van der Waals surface area contributed by atoms with Gasteiger partial charge in [-0.1, -0.05) is 30.3 Å². The molecule has 3 aromatic rings. The summed E-state index contributed by atoms with van der Waals surface area (Å²) in [5, 5.41) is 3.74. The highest BCUT2D eigenvalue weighted by Crippen LogP contribution is 2.35. The number of amides is 2. The molecule has 2 unspecified atom stereocenters. The lowest BCUT2D eigenvalue weighted by Gasteiger charge is -2.42. The molecule has 2 atom stereocenters. The fourth-order valence-electron chi connectivity index (χ4n) is 5.46. The van der Waals surface area contributed by atoms with Crippen LogP contribution in [0.15, 0.2) is 61.2 Å². The molecule has 1 saturated heterocycles. The smallest absolute Gasteiger partial charge is 0.243 e. The Hall–Kier alpha value is -3.07. The number of ether oxygens (including phenoxy) is 1. The molecular weight excluding hydrogens is 525 g/mol. The van der Waals surface area contributed by atoms with E-state index in [4.69, 9.17) is 4.74 Å². The Kier molecular flexibility index (Phi) is 10.2. The number of likely N-dealkylation sites (tertiary alicyclic amines) is 1. The Morgan fingerprint density at radius 3 is 2.66 bits per heavy atom. The van der Waals surface area contributed by atoms with Crippen molar-refractivity contribution in [2.75, 3.05) is 25.6 Å². The molecule has 5 rings (SSSR count). The number of aromatic nitrogens is 2. The van der Waals surface area contributed by atoms with Gasteiger partial charge < -0.3 is 24.4 Å². The summed E-state index contributed by atoms with van der Waals surface area (Å²) < 4.78 is 7.54. The molecule has 8 nitrogen and oxygen atoms in total. The van der Waals surface area contributed by atoms with Gasteiger partial charge in [0.2, 0.25) is 11.8 Å². The van der Waals surface area contributed by atoms with Gasteiger partial charge in [-0.05, 0) is 42.5 Å². The molecule has 2 aromatic carbocycles. The van der Waals surface area contributed by atoms with Gasteiger partial charge in [-0.3, -0.25) is 9.59 Å². The summed E-state index contributed by atoms with van der Waals surface area (Å²) in [4.78, 5) is 33.5. The van der Waals surface area contributed by atoms with E-state index in [0.717, 1.165) is 53.9 Å². The predicted molar refractivity (Wildman–Crippen MR) is 152 cm³/mol. The number of piperidine rings is 1. The number of nitrogens with zero attached hydrogens (tertiary/aromatic N) is 4. The number of carbonyl (C=O) groups is 2. The van der Waals surface area contributed by atoms with Crippen LogP contribution in [0.3, 0.4) is 0 Å². The summed E-state index contributed by atoms with van der Waals surface area (Å²) in [7, 11) is 3.52. The van der Waals surface area contributed by atoms with E-state index >= 15 is 0 Å². The Bertz CT molecular complexity index is 1220. The fourth-order valence-corrected chi connectivity index (χ4v) is 5.46. The first kappa shape index (κ1) is 29.5. The van der Waals surface area contributed by atoms with E-state index in [1.165, 1.54) is 0 Å². The minimum atomic E-state index is -0.0798. The summed E-state index contributed by atoms with van der Waals surface area (Å²) >= 11 is 0. The van der Waals surface area contributed by atoms with Crippen molar-refractivity contribution in [1.29, 1.82) is 0 Å². The SMILES string of the molecule is COc1cc2c(cc1CNC1CCCN(C(=O)Cn3ccnc3)C1c1ccccc1)N(C)C(=O)CC2.Cl.Cl. The third kappa shape index (κ3) is 6.14. The van der Waals surface area contributed by atoms with Crippen molar-refractivity contribution in [2.45, 2.75) is 50.9 Å². The standard InChI is InChI=1S/C28H33N5O3.2ClH/c1-31-24-15-22(25(36-2)16-21(24)10-11-26(31)34)17-30-23-9-6-13-33(27(35)18-32-14-12-29-19-32)28(23)20-7-4-3-5-8-20;;/h3-5,7-8,12,14-16,19,23,28,30H,6,9-11,13,17-18H2,1-2H3;2*1H. The largest absolute Gasteiger partial charge is 0.496 e. The van der Waals surface area contributed by atoms with Crippen LogP contribution in [0.1, 0.15) is 42.0 Å². The molecule has 0 saturated carbocycles. The van der Waals surface area contributed by atoms with Gasteiger partial charge in [0.15, 0.2) is 0 Å². The maximum absolute atomic E-state index is 13.4. The number of aryl methyl sites for hydroxylation is 1. The molecule has 3 heterocycles. The molecule has 10 heteroatoms. The molecule has 0 aliphatic carbocycles. The van der Waals surface area contributed by atoms with Crippen LogP contribution in [-0.4, -0.2) is 53.0 Å². The number of halogens is 2. The van der Waals surface area contributed by atoms with Crippen molar-refractivity contribution in [3.05, 3.63) is 77.9 Å². The van der Waals surface area contributed by atoms with Gasteiger partial charge in [0, 0.05) is 56.2 Å². The first-order valence-corrected chi connectivity index (χ1v) is 12.5. The Labute approximate surface area is 236 Å². The van der Waals surface area contributed by atoms with Crippen LogP contribution >= 0.6 is 24.8 Å². The third-order valence-corrected chi connectivity index (χ3v) is 7.35. The molecule has 1 N–H and O–H groups in total. The number of benzene rings is 2. The van der Waals surface area contributed by atoms with Crippen LogP contribution in [0.2, 0.25) is 0 Å². The second kappa shape index (κ2) is 13.1. The van der Waals surface area contributed by atoms with Crippen LogP contribution in [0.25, 0.3) is 0 Å². The molecule has 0 radical (unpaired) electrons. The molecule has 1 aromatic heterocycles. The molecule has 2 aliphatic rings. The van der Waals surface area contributed by atoms with Gasteiger partial charge in [0.25, 0.3) is 0 Å². The van der Waals surface area contributed by atoms with E-state index < -0.39 is 0 Å². The van der Waals surface area contributed by atoms with Crippen LogP contribution in [-0.2, 0) is 29.1 Å². The van der Waals surface area contributed by atoms with Crippen molar-refractivity contribution in [3.8, 4) is 5.75 Å². The molecule has 2 amide bonds. The van der Waals surface area contributed by atoms with Crippen LogP contribution in [0, 0.1) is 0 Å². The van der Waals surface area contributed by atoms with Gasteiger partial charge >= 0.3 is 0 Å². The Morgan fingerprint density at radius 1 is 1.16 bits per heavy atom. The van der Waals surface area contributed by atoms with Gasteiger partial charge in [-0.2, -0.15) is 0 Å². The van der Waals surface area contributed by atoms with E-state index in [2.05, 4.69) is 34.6 Å². The number of imidazole rings is 1. The number of hydrogen-bond acceptors (Lipinski definition) is 5. The monoisotopic (exact) mass is 559 g/mol. The average molecular weight is 561 g/mol. The van der Waals surface area contributed by atoms with Crippen molar-refractivity contribution in [1.82, 2.24) is 19.8 Å². The van der Waals surface area contributed by atoms with E-state index in [1.54, 1.807) is 24.5 Å². The molecule has 0 spiro atoms. The minimum absolute atomic E-state index is 0.